The van der Waals surface area contributed by atoms with E-state index in [1.54, 1.807) is 0 Å². The molecule has 0 saturated carbocycles. The summed E-state index contributed by atoms with van der Waals surface area (Å²) in [7, 11) is 0. The average molecular weight is 114 g/mol. The molecule has 0 amide bonds. The van der Waals surface area contributed by atoms with Crippen LogP contribution in [0.5, 0.6) is 0 Å². The van der Waals surface area contributed by atoms with Gasteiger partial charge < -0.3 is 28.2 Å². The van der Waals surface area contributed by atoms with E-state index in [0.29, 0.717) is 0 Å². The van der Waals surface area contributed by atoms with E-state index in [2.05, 4.69) is 0 Å². The van der Waals surface area contributed by atoms with Gasteiger partial charge in [-0.3, -0.25) is 0 Å². The van der Waals surface area contributed by atoms with Gasteiger partial charge in [0.2, 0.25) is 0 Å². The van der Waals surface area contributed by atoms with Gasteiger partial charge in [-0.2, -0.15) is 0 Å². The van der Waals surface area contributed by atoms with Gasteiger partial charge in [0.15, 0.2) is 0 Å². The van der Waals surface area contributed by atoms with Gasteiger partial charge in [-0.25, -0.2) is 0 Å². The maximum absolute atomic E-state index is 0. The Labute approximate surface area is 29.7 Å². The van der Waals surface area contributed by atoms with E-state index in [9.17, 15) is 0 Å². The SMILES string of the molecule is [F-].[F-].[F-].[F-].[F-].[F-]. The molecule has 0 radical (unpaired) electrons. The summed E-state index contributed by atoms with van der Waals surface area (Å²) >= 11 is 0. The largest absolute Gasteiger partial charge is 1.00 e. The molecule has 0 aliphatic carbocycles. The summed E-state index contributed by atoms with van der Waals surface area (Å²) in [6.07, 6.45) is 0. The van der Waals surface area contributed by atoms with E-state index >= 15 is 0 Å². The highest BCUT2D eigenvalue weighted by atomic mass is 19.0. The van der Waals surface area contributed by atoms with Gasteiger partial charge in [0.1, 0.15) is 0 Å². The summed E-state index contributed by atoms with van der Waals surface area (Å²) in [4.78, 5) is 0. The molecule has 0 spiro atoms. The van der Waals surface area contributed by atoms with Crippen LogP contribution in [0.4, 0.5) is 0 Å². The second-order valence-corrected chi connectivity index (χ2v) is 0. The minimum absolute atomic E-state index is 0. The Morgan fingerprint density at radius 3 is 0.167 bits per heavy atom. The summed E-state index contributed by atoms with van der Waals surface area (Å²) in [5.74, 6) is 0. The second-order valence-electron chi connectivity index (χ2n) is 0. The third-order valence-electron chi connectivity index (χ3n) is 0. The highest BCUT2D eigenvalue weighted by molar-refractivity contribution is 0.00500. The molecule has 48 valence electrons. The Kier molecular flexibility index (Phi) is 36800. The molecule has 0 heterocycles. The lowest BCUT2D eigenvalue weighted by Gasteiger charge is -1.00. The molecule has 0 rings (SSSR count). The Balaban J connectivity index is 0. The Bertz CT molecular complexity index is 0. The molecule has 6 heteroatoms. The molecule has 0 aromatic carbocycles. The predicted molar refractivity (Wildman–Crippen MR) is 0 cm³/mol. The zero-order chi connectivity index (χ0) is 0. The molecular formula is F6-6. The molecule has 0 fully saturated rings. The lowest BCUT2D eigenvalue weighted by Crippen LogP contribution is -3.00. The molecule has 0 bridgehead atoms. The highest BCUT2D eigenvalue weighted by Crippen LogP contribution is -2.99. The van der Waals surface area contributed by atoms with Crippen LogP contribution in [0, 0.1) is 0 Å². The number of hydrogen-bond acceptors (Lipinski definition) is 0. The van der Waals surface area contributed by atoms with Crippen molar-refractivity contribution in [1.82, 2.24) is 0 Å². The third-order valence-corrected chi connectivity index (χ3v) is 0. The molecule has 0 aromatic rings. The van der Waals surface area contributed by atoms with Crippen LogP contribution in [0.3, 0.4) is 0 Å². The summed E-state index contributed by atoms with van der Waals surface area (Å²) < 4.78 is 0. The fourth-order valence-electron chi connectivity index (χ4n) is 0. The van der Waals surface area contributed by atoms with E-state index in [-0.39, 0.29) is 28.2 Å². The number of halogens is 6. The number of rotatable bonds is 0. The maximum Gasteiger partial charge on any atom is -1.00 e. The van der Waals surface area contributed by atoms with Crippen molar-refractivity contribution in [2.45, 2.75) is 0 Å². The smallest absolute Gasteiger partial charge is 1.00 e. The van der Waals surface area contributed by atoms with Crippen molar-refractivity contribution in [3.8, 4) is 0 Å². The van der Waals surface area contributed by atoms with Crippen LogP contribution in [0.25, 0.3) is 0 Å². The van der Waals surface area contributed by atoms with Gasteiger partial charge in [0.25, 0.3) is 0 Å². The minimum atomic E-state index is 0. The molecule has 0 N–H and O–H groups in total. The van der Waals surface area contributed by atoms with Crippen molar-refractivity contribution in [3.63, 3.8) is 0 Å². The standard InChI is InChI=1S/6FH/h6*1H/p-6. The molecule has 0 aliphatic rings. The first kappa shape index (κ1) is 664. The van der Waals surface area contributed by atoms with Crippen molar-refractivity contribution < 1.29 is 28.2 Å². The van der Waals surface area contributed by atoms with Gasteiger partial charge in [-0.05, 0) is 0 Å². The summed E-state index contributed by atoms with van der Waals surface area (Å²) in [6, 6.07) is 0. The van der Waals surface area contributed by atoms with E-state index in [1.807, 2.05) is 0 Å². The first-order valence-electron chi connectivity index (χ1n) is 0. The first-order chi connectivity index (χ1) is 0. The molecule has 0 nitrogen and oxygen atoms in total. The van der Waals surface area contributed by atoms with Crippen molar-refractivity contribution in [1.29, 1.82) is 0 Å². The molecule has 0 unspecified atom stereocenters. The lowest BCUT2D eigenvalue weighted by molar-refractivity contribution is -0.00100. The van der Waals surface area contributed by atoms with Crippen LogP contribution in [0.1, 0.15) is 0 Å². The predicted octanol–water partition coefficient (Wildman–Crippen LogP) is -18.0. The fraction of sp³-hybridized carbons (Fsp3) is 0. The van der Waals surface area contributed by atoms with Crippen molar-refractivity contribution in [3.05, 3.63) is 0 Å². The molecule has 0 saturated heterocycles. The van der Waals surface area contributed by atoms with Crippen LogP contribution in [0.15, 0.2) is 0 Å². The van der Waals surface area contributed by atoms with Gasteiger partial charge in [0.05, 0.1) is 0 Å². The average Bonchev–Trinajstić information content (AvgIpc) is 0. The van der Waals surface area contributed by atoms with Crippen LogP contribution in [0.2, 0.25) is 0 Å². The maximum atomic E-state index is 0. The molecule has 0 aromatic heterocycles. The quantitative estimate of drug-likeness (QED) is 0.274. The molecule has 0 atom stereocenters. The molecular weight excluding hydrogens is 114 g/mol. The van der Waals surface area contributed by atoms with Crippen LogP contribution >= 0.6 is 0 Å². The van der Waals surface area contributed by atoms with Crippen LogP contribution in [-0.4, -0.2) is 0 Å². The lowest BCUT2D eigenvalue weighted by atomic mass is 19.0. The van der Waals surface area contributed by atoms with Crippen LogP contribution < -0.4 is 28.2 Å². The molecule has 0 aliphatic heterocycles. The van der Waals surface area contributed by atoms with Crippen molar-refractivity contribution in [2.75, 3.05) is 0 Å². The van der Waals surface area contributed by atoms with E-state index in [0.717, 1.165) is 0 Å². The van der Waals surface area contributed by atoms with Gasteiger partial charge in [0, 0.05) is 0 Å². The highest BCUT2D eigenvalue weighted by Gasteiger charge is -0.995. The van der Waals surface area contributed by atoms with E-state index in [4.69, 9.17) is 0 Å². The Morgan fingerprint density at radius 1 is 0.167 bits per heavy atom. The fourth-order valence-corrected chi connectivity index (χ4v) is 0. The second kappa shape index (κ2) is 333. The third kappa shape index (κ3) is 135. The topological polar surface area (TPSA) is 0 Å². The van der Waals surface area contributed by atoms with Crippen LogP contribution in [-0.2, 0) is 0 Å². The summed E-state index contributed by atoms with van der Waals surface area (Å²) in [6.45, 7) is 0. The normalized spacial score (nSPS) is 0. The van der Waals surface area contributed by atoms with Gasteiger partial charge in [-0.1, -0.05) is 0 Å². The molecule has 6 heavy (non-hydrogen) atoms. The zero-order valence-corrected chi connectivity index (χ0v) is 2.27. The van der Waals surface area contributed by atoms with Gasteiger partial charge in [-0.15, -0.1) is 0 Å². The summed E-state index contributed by atoms with van der Waals surface area (Å²) in [5.41, 5.74) is 0. The van der Waals surface area contributed by atoms with E-state index < -0.39 is 0 Å². The first-order valence-corrected chi connectivity index (χ1v) is 0. The van der Waals surface area contributed by atoms with E-state index in [1.165, 1.54) is 0 Å². The van der Waals surface area contributed by atoms with Gasteiger partial charge >= 0.3 is 0 Å². The Hall–Kier alpha value is -0.420. The van der Waals surface area contributed by atoms with Crippen molar-refractivity contribution >= 4 is 0 Å². The zero-order valence-electron chi connectivity index (χ0n) is 2.27. The van der Waals surface area contributed by atoms with Crippen molar-refractivity contribution in [2.24, 2.45) is 0 Å². The monoisotopic (exact) mass is 114 g/mol. The summed E-state index contributed by atoms with van der Waals surface area (Å²) in [5, 5.41) is 0. The minimum Gasteiger partial charge on any atom is -1.00 e. The Morgan fingerprint density at radius 2 is 0.167 bits per heavy atom. The number of hydrogen-bond donors (Lipinski definition) is 0.